The summed E-state index contributed by atoms with van der Waals surface area (Å²) in [4.78, 5) is 24.2. The van der Waals surface area contributed by atoms with Crippen LogP contribution in [0.4, 0.5) is 0 Å². The van der Waals surface area contributed by atoms with Gasteiger partial charge < -0.3 is 10.1 Å². The molecule has 2 aromatic carbocycles. The summed E-state index contributed by atoms with van der Waals surface area (Å²) in [6.45, 7) is 1.95. The average molecular weight is 321 g/mol. The Labute approximate surface area is 141 Å². The Kier molecular flexibility index (Phi) is 6.53. The van der Waals surface area contributed by atoms with Crippen LogP contribution in [-0.4, -0.2) is 18.5 Å². The first kappa shape index (κ1) is 17.2. The second-order valence-corrected chi connectivity index (χ2v) is 4.89. The molecule has 0 spiro atoms. The Balaban J connectivity index is 2.15. The molecule has 0 bridgehead atoms. The molecule has 0 aliphatic carbocycles. The summed E-state index contributed by atoms with van der Waals surface area (Å²) in [5, 5.41) is 2.60. The largest absolute Gasteiger partial charge is 0.461 e. The highest BCUT2D eigenvalue weighted by Gasteiger charge is 2.14. The van der Waals surface area contributed by atoms with Crippen molar-refractivity contribution in [3.05, 3.63) is 89.6 Å². The monoisotopic (exact) mass is 321 g/mol. The lowest BCUT2D eigenvalue weighted by Crippen LogP contribution is -2.28. The van der Waals surface area contributed by atoms with E-state index in [1.165, 1.54) is 6.08 Å². The number of rotatable bonds is 6. The molecular weight excluding hydrogens is 302 g/mol. The average Bonchev–Trinajstić information content (AvgIpc) is 2.62. The van der Waals surface area contributed by atoms with Gasteiger partial charge in [0.05, 0.1) is 6.61 Å². The lowest BCUT2D eigenvalue weighted by molar-refractivity contribution is -0.138. The highest BCUT2D eigenvalue weighted by atomic mass is 16.5. The fraction of sp³-hybridized carbons (Fsp3) is 0.100. The van der Waals surface area contributed by atoms with Crippen molar-refractivity contribution < 1.29 is 14.3 Å². The Bertz CT molecular complexity index is 734. The number of carbonyl (C=O) groups is 2. The van der Waals surface area contributed by atoms with E-state index < -0.39 is 5.97 Å². The first-order valence-electron chi connectivity index (χ1n) is 7.67. The molecule has 0 saturated heterocycles. The van der Waals surface area contributed by atoms with Crippen molar-refractivity contribution in [3.8, 4) is 0 Å². The Morgan fingerprint density at radius 2 is 1.62 bits per heavy atom. The second kappa shape index (κ2) is 9.10. The van der Waals surface area contributed by atoms with Gasteiger partial charge >= 0.3 is 5.97 Å². The minimum atomic E-state index is -0.570. The van der Waals surface area contributed by atoms with E-state index in [9.17, 15) is 9.59 Å². The molecule has 0 aliphatic rings. The van der Waals surface area contributed by atoms with Crippen LogP contribution in [0.1, 0.15) is 22.8 Å². The predicted octanol–water partition coefficient (Wildman–Crippen LogP) is 3.58. The van der Waals surface area contributed by atoms with E-state index in [2.05, 4.69) is 5.32 Å². The van der Waals surface area contributed by atoms with E-state index >= 15 is 0 Å². The predicted molar refractivity (Wildman–Crippen MR) is 94.1 cm³/mol. The van der Waals surface area contributed by atoms with Gasteiger partial charge in [0.2, 0.25) is 0 Å². The molecule has 0 aromatic heterocycles. The Morgan fingerprint density at radius 3 is 2.25 bits per heavy atom. The lowest BCUT2D eigenvalue weighted by Gasteiger charge is -2.08. The van der Waals surface area contributed by atoms with E-state index in [1.807, 2.05) is 42.5 Å². The topological polar surface area (TPSA) is 55.4 Å². The van der Waals surface area contributed by atoms with E-state index in [-0.39, 0.29) is 18.2 Å². The van der Waals surface area contributed by atoms with Crippen molar-refractivity contribution in [2.45, 2.75) is 6.92 Å². The second-order valence-electron chi connectivity index (χ2n) is 4.89. The fourth-order valence-corrected chi connectivity index (χ4v) is 1.97. The summed E-state index contributed by atoms with van der Waals surface area (Å²) in [6.07, 6.45) is 5.08. The third-order valence-electron chi connectivity index (χ3n) is 3.13. The molecule has 0 unspecified atom stereocenters. The summed E-state index contributed by atoms with van der Waals surface area (Å²) in [5.74, 6) is -0.928. The SMILES string of the molecule is CCOC(=O)/C(=C\C=C\c1ccccc1)NC(=O)c1ccccc1. The van der Waals surface area contributed by atoms with Gasteiger partial charge in [-0.2, -0.15) is 0 Å². The molecular formula is C20H19NO3. The minimum Gasteiger partial charge on any atom is -0.461 e. The van der Waals surface area contributed by atoms with Gasteiger partial charge in [-0.3, -0.25) is 4.79 Å². The van der Waals surface area contributed by atoms with Gasteiger partial charge in [0.1, 0.15) is 5.70 Å². The van der Waals surface area contributed by atoms with Crippen molar-refractivity contribution in [1.29, 1.82) is 0 Å². The van der Waals surface area contributed by atoms with Crippen LogP contribution in [0.25, 0.3) is 6.08 Å². The number of benzene rings is 2. The first-order valence-corrected chi connectivity index (χ1v) is 7.67. The molecule has 2 aromatic rings. The van der Waals surface area contributed by atoms with Crippen molar-refractivity contribution in [3.63, 3.8) is 0 Å². The van der Waals surface area contributed by atoms with Crippen LogP contribution >= 0.6 is 0 Å². The van der Waals surface area contributed by atoms with Crippen LogP contribution in [0, 0.1) is 0 Å². The minimum absolute atomic E-state index is 0.0953. The summed E-state index contributed by atoms with van der Waals surface area (Å²) in [7, 11) is 0. The van der Waals surface area contributed by atoms with Crippen molar-refractivity contribution in [1.82, 2.24) is 5.32 Å². The lowest BCUT2D eigenvalue weighted by atomic mass is 10.2. The van der Waals surface area contributed by atoms with Crippen LogP contribution < -0.4 is 5.32 Å². The Hall–Kier alpha value is -3.14. The van der Waals surface area contributed by atoms with Crippen molar-refractivity contribution in [2.75, 3.05) is 6.61 Å². The summed E-state index contributed by atoms with van der Waals surface area (Å²) >= 11 is 0. The van der Waals surface area contributed by atoms with Gasteiger partial charge in [0.15, 0.2) is 0 Å². The van der Waals surface area contributed by atoms with Gasteiger partial charge in [-0.1, -0.05) is 60.7 Å². The van der Waals surface area contributed by atoms with Gasteiger partial charge in [0, 0.05) is 5.56 Å². The molecule has 1 N–H and O–H groups in total. The number of hydrogen-bond acceptors (Lipinski definition) is 3. The summed E-state index contributed by atoms with van der Waals surface area (Å²) in [6, 6.07) is 18.4. The quantitative estimate of drug-likeness (QED) is 0.503. The summed E-state index contributed by atoms with van der Waals surface area (Å²) < 4.78 is 4.99. The molecule has 1 amide bonds. The van der Waals surface area contributed by atoms with Crippen molar-refractivity contribution in [2.24, 2.45) is 0 Å². The maximum Gasteiger partial charge on any atom is 0.354 e. The van der Waals surface area contributed by atoms with Gasteiger partial charge in [-0.25, -0.2) is 4.79 Å². The number of amides is 1. The van der Waals surface area contributed by atoms with E-state index in [1.54, 1.807) is 37.3 Å². The van der Waals surface area contributed by atoms with Gasteiger partial charge in [0.25, 0.3) is 5.91 Å². The van der Waals surface area contributed by atoms with Crippen LogP contribution in [0.3, 0.4) is 0 Å². The Morgan fingerprint density at radius 1 is 1.00 bits per heavy atom. The molecule has 4 heteroatoms. The highest BCUT2D eigenvalue weighted by Crippen LogP contribution is 2.05. The van der Waals surface area contributed by atoms with Crippen LogP contribution in [0.2, 0.25) is 0 Å². The molecule has 2 rings (SSSR count). The van der Waals surface area contributed by atoms with E-state index in [0.717, 1.165) is 5.56 Å². The summed E-state index contributed by atoms with van der Waals surface area (Å²) in [5.41, 5.74) is 1.56. The van der Waals surface area contributed by atoms with Gasteiger partial charge in [-0.15, -0.1) is 0 Å². The zero-order chi connectivity index (χ0) is 17.2. The third-order valence-corrected chi connectivity index (χ3v) is 3.13. The van der Waals surface area contributed by atoms with E-state index in [4.69, 9.17) is 4.74 Å². The molecule has 122 valence electrons. The first-order chi connectivity index (χ1) is 11.7. The third kappa shape index (κ3) is 5.25. The van der Waals surface area contributed by atoms with Crippen LogP contribution in [0.15, 0.2) is 78.5 Å². The standard InChI is InChI=1S/C20H19NO3/c1-2-24-20(23)18(15-9-12-16-10-5-3-6-11-16)21-19(22)17-13-7-4-8-14-17/h3-15H,2H2,1H3,(H,21,22)/b12-9+,18-15+. The molecule has 0 radical (unpaired) electrons. The number of carbonyl (C=O) groups excluding carboxylic acids is 2. The normalized spacial score (nSPS) is 11.3. The molecule has 0 saturated carbocycles. The van der Waals surface area contributed by atoms with E-state index in [0.29, 0.717) is 5.56 Å². The van der Waals surface area contributed by atoms with Crippen LogP contribution in [0.5, 0.6) is 0 Å². The number of hydrogen-bond donors (Lipinski definition) is 1. The molecule has 24 heavy (non-hydrogen) atoms. The van der Waals surface area contributed by atoms with Gasteiger partial charge in [-0.05, 0) is 30.7 Å². The molecule has 4 nitrogen and oxygen atoms in total. The maximum atomic E-state index is 12.2. The maximum absolute atomic E-state index is 12.2. The number of nitrogens with one attached hydrogen (secondary N) is 1. The highest BCUT2D eigenvalue weighted by molar-refractivity contribution is 6.01. The zero-order valence-electron chi connectivity index (χ0n) is 13.4. The molecule has 0 fully saturated rings. The fourth-order valence-electron chi connectivity index (χ4n) is 1.97. The zero-order valence-corrected chi connectivity index (χ0v) is 13.4. The van der Waals surface area contributed by atoms with Crippen LogP contribution in [-0.2, 0) is 9.53 Å². The number of esters is 1. The number of allylic oxidation sites excluding steroid dienone is 2. The molecule has 0 aliphatic heterocycles. The number of ether oxygens (including phenoxy) is 1. The molecule has 0 atom stereocenters. The smallest absolute Gasteiger partial charge is 0.354 e. The molecule has 0 heterocycles. The van der Waals surface area contributed by atoms with Crippen molar-refractivity contribution >= 4 is 18.0 Å².